The standard InChI is InChI=1S/C32H28N6O/c39-32(28-17-9-10-20-33-28)35-29(21-24-22-34-27-16-8-7-15-26(24)27)31-37-36-30(19-18-23-11-3-1-4-12-23)38(31)25-13-5-2-6-14-25/h1-17,20,22,29,34H,18-19,21H2,(H,35,39). The number of hydrogen-bond acceptors (Lipinski definition) is 4. The van der Waals surface area contributed by atoms with E-state index in [4.69, 9.17) is 0 Å². The van der Waals surface area contributed by atoms with Gasteiger partial charge in [0.1, 0.15) is 11.5 Å². The molecule has 2 N–H and O–H groups in total. The van der Waals surface area contributed by atoms with Gasteiger partial charge < -0.3 is 10.3 Å². The molecule has 0 radical (unpaired) electrons. The molecule has 0 fully saturated rings. The van der Waals surface area contributed by atoms with E-state index in [1.807, 2.05) is 72.9 Å². The van der Waals surface area contributed by atoms with Crippen LogP contribution in [0.5, 0.6) is 0 Å². The average molecular weight is 513 g/mol. The Morgan fingerprint density at radius 1 is 0.821 bits per heavy atom. The molecule has 0 saturated heterocycles. The predicted molar refractivity (Wildman–Crippen MR) is 152 cm³/mol. The summed E-state index contributed by atoms with van der Waals surface area (Å²) in [4.78, 5) is 21.0. The number of pyridine rings is 1. The number of carbonyl (C=O) groups excluding carboxylic acids is 1. The fourth-order valence-corrected chi connectivity index (χ4v) is 4.93. The van der Waals surface area contributed by atoms with Crippen LogP contribution in [0.4, 0.5) is 0 Å². The van der Waals surface area contributed by atoms with E-state index >= 15 is 0 Å². The molecule has 7 heteroatoms. The first-order valence-electron chi connectivity index (χ1n) is 13.1. The van der Waals surface area contributed by atoms with Crippen LogP contribution in [0.15, 0.2) is 116 Å². The highest BCUT2D eigenvalue weighted by Gasteiger charge is 2.26. The van der Waals surface area contributed by atoms with Gasteiger partial charge in [-0.15, -0.1) is 10.2 Å². The number of nitrogens with zero attached hydrogens (tertiary/aromatic N) is 4. The van der Waals surface area contributed by atoms with Crippen LogP contribution in [0.1, 0.15) is 39.3 Å². The quantitative estimate of drug-likeness (QED) is 0.262. The second-order valence-electron chi connectivity index (χ2n) is 9.44. The molecule has 0 saturated carbocycles. The van der Waals surface area contributed by atoms with Crippen molar-refractivity contribution in [2.24, 2.45) is 0 Å². The molecule has 3 heterocycles. The summed E-state index contributed by atoms with van der Waals surface area (Å²) in [5.41, 5.74) is 4.69. The first kappa shape index (κ1) is 24.3. The number of rotatable bonds is 9. The number of aryl methyl sites for hydroxylation is 2. The smallest absolute Gasteiger partial charge is 0.270 e. The molecule has 3 aromatic carbocycles. The molecule has 0 bridgehead atoms. The molecule has 192 valence electrons. The number of para-hydroxylation sites is 2. The van der Waals surface area contributed by atoms with Crippen molar-refractivity contribution in [3.63, 3.8) is 0 Å². The molecule has 3 aromatic heterocycles. The van der Waals surface area contributed by atoms with E-state index in [9.17, 15) is 4.79 Å². The van der Waals surface area contributed by atoms with Gasteiger partial charge in [-0.25, -0.2) is 0 Å². The van der Waals surface area contributed by atoms with E-state index in [0.717, 1.165) is 34.4 Å². The van der Waals surface area contributed by atoms with Crippen molar-refractivity contribution in [2.75, 3.05) is 0 Å². The summed E-state index contributed by atoms with van der Waals surface area (Å²) >= 11 is 0. The van der Waals surface area contributed by atoms with Crippen LogP contribution in [-0.4, -0.2) is 30.6 Å². The van der Waals surface area contributed by atoms with Crippen molar-refractivity contribution in [1.29, 1.82) is 0 Å². The Morgan fingerprint density at radius 3 is 2.36 bits per heavy atom. The Morgan fingerprint density at radius 2 is 1.56 bits per heavy atom. The van der Waals surface area contributed by atoms with Gasteiger partial charge in [-0.1, -0.05) is 72.8 Å². The number of H-pyrrole nitrogens is 1. The largest absolute Gasteiger partial charge is 0.361 e. The van der Waals surface area contributed by atoms with Crippen LogP contribution >= 0.6 is 0 Å². The second kappa shape index (κ2) is 11.1. The monoisotopic (exact) mass is 512 g/mol. The first-order valence-corrected chi connectivity index (χ1v) is 13.1. The molecule has 0 spiro atoms. The van der Waals surface area contributed by atoms with E-state index < -0.39 is 6.04 Å². The Hall–Kier alpha value is -5.04. The summed E-state index contributed by atoms with van der Waals surface area (Å²) in [6.07, 6.45) is 5.70. The number of nitrogens with one attached hydrogen (secondary N) is 2. The van der Waals surface area contributed by atoms with Gasteiger partial charge in [0.2, 0.25) is 0 Å². The molecule has 0 aliphatic carbocycles. The second-order valence-corrected chi connectivity index (χ2v) is 9.44. The number of carbonyl (C=O) groups is 1. The molecule has 0 aliphatic heterocycles. The third-order valence-electron chi connectivity index (χ3n) is 6.86. The lowest BCUT2D eigenvalue weighted by molar-refractivity contribution is 0.0929. The molecule has 1 amide bonds. The fraction of sp³-hybridized carbons (Fsp3) is 0.125. The highest BCUT2D eigenvalue weighted by atomic mass is 16.2. The van der Waals surface area contributed by atoms with Crippen molar-refractivity contribution < 1.29 is 4.79 Å². The summed E-state index contributed by atoms with van der Waals surface area (Å²) in [5, 5.41) is 13.6. The molecular formula is C32H28N6O. The van der Waals surface area contributed by atoms with Crippen LogP contribution < -0.4 is 5.32 Å². The number of benzene rings is 3. The molecule has 6 aromatic rings. The van der Waals surface area contributed by atoms with E-state index in [-0.39, 0.29) is 5.91 Å². The summed E-state index contributed by atoms with van der Waals surface area (Å²) in [6, 6.07) is 33.5. The van der Waals surface area contributed by atoms with Crippen LogP contribution in [0.2, 0.25) is 0 Å². The fourth-order valence-electron chi connectivity index (χ4n) is 4.93. The zero-order chi connectivity index (χ0) is 26.4. The van der Waals surface area contributed by atoms with Crippen molar-refractivity contribution in [3.05, 3.63) is 144 Å². The van der Waals surface area contributed by atoms with Gasteiger partial charge in [-0.3, -0.25) is 14.3 Å². The summed E-state index contributed by atoms with van der Waals surface area (Å²) in [7, 11) is 0. The zero-order valence-electron chi connectivity index (χ0n) is 21.4. The van der Waals surface area contributed by atoms with Gasteiger partial charge in [0, 0.05) is 41.8 Å². The van der Waals surface area contributed by atoms with Gasteiger partial charge in [0.25, 0.3) is 5.91 Å². The number of aromatic amines is 1. The normalized spacial score (nSPS) is 11.9. The van der Waals surface area contributed by atoms with E-state index in [1.165, 1.54) is 5.56 Å². The minimum absolute atomic E-state index is 0.256. The highest BCUT2D eigenvalue weighted by Crippen LogP contribution is 2.27. The third kappa shape index (κ3) is 5.33. The highest BCUT2D eigenvalue weighted by molar-refractivity contribution is 5.92. The molecule has 1 unspecified atom stereocenters. The SMILES string of the molecule is O=C(NC(Cc1c[nH]c2ccccc12)c1nnc(CCc2ccccc2)n1-c1ccccc1)c1ccccn1. The molecule has 7 nitrogen and oxygen atoms in total. The molecule has 39 heavy (non-hydrogen) atoms. The van der Waals surface area contributed by atoms with Gasteiger partial charge in [0.05, 0.1) is 6.04 Å². The van der Waals surface area contributed by atoms with Crippen molar-refractivity contribution in [3.8, 4) is 5.69 Å². The van der Waals surface area contributed by atoms with Crippen LogP contribution in [-0.2, 0) is 19.3 Å². The lowest BCUT2D eigenvalue weighted by atomic mass is 10.0. The zero-order valence-corrected chi connectivity index (χ0v) is 21.4. The van der Waals surface area contributed by atoms with E-state index in [1.54, 1.807) is 18.3 Å². The maximum Gasteiger partial charge on any atom is 0.270 e. The maximum absolute atomic E-state index is 13.3. The van der Waals surface area contributed by atoms with Crippen LogP contribution in [0.3, 0.4) is 0 Å². The molecule has 1 atom stereocenters. The van der Waals surface area contributed by atoms with E-state index in [0.29, 0.717) is 24.4 Å². The molecule has 6 rings (SSSR count). The van der Waals surface area contributed by atoms with Gasteiger partial charge >= 0.3 is 0 Å². The van der Waals surface area contributed by atoms with Gasteiger partial charge in [-0.05, 0) is 47.9 Å². The summed E-state index contributed by atoms with van der Waals surface area (Å²) < 4.78 is 2.08. The topological polar surface area (TPSA) is 88.5 Å². The summed E-state index contributed by atoms with van der Waals surface area (Å²) in [6.45, 7) is 0. The van der Waals surface area contributed by atoms with Crippen LogP contribution in [0.25, 0.3) is 16.6 Å². The maximum atomic E-state index is 13.3. The minimum Gasteiger partial charge on any atom is -0.361 e. The van der Waals surface area contributed by atoms with Crippen molar-refractivity contribution in [1.82, 2.24) is 30.0 Å². The summed E-state index contributed by atoms with van der Waals surface area (Å²) in [5.74, 6) is 1.27. The van der Waals surface area contributed by atoms with Gasteiger partial charge in [-0.2, -0.15) is 0 Å². The number of hydrogen-bond donors (Lipinski definition) is 2. The lowest BCUT2D eigenvalue weighted by Crippen LogP contribution is -2.32. The molecular weight excluding hydrogens is 484 g/mol. The van der Waals surface area contributed by atoms with E-state index in [2.05, 4.69) is 54.3 Å². The minimum atomic E-state index is -0.447. The van der Waals surface area contributed by atoms with Crippen LogP contribution in [0, 0.1) is 0 Å². The molecule has 0 aliphatic rings. The average Bonchev–Trinajstić information content (AvgIpc) is 3.61. The Bertz CT molecular complexity index is 1680. The number of amides is 1. The van der Waals surface area contributed by atoms with Crippen molar-refractivity contribution >= 4 is 16.8 Å². The Labute approximate surface area is 226 Å². The number of fused-ring (bicyclic) bond motifs is 1. The lowest BCUT2D eigenvalue weighted by Gasteiger charge is -2.20. The van der Waals surface area contributed by atoms with Crippen molar-refractivity contribution in [2.45, 2.75) is 25.3 Å². The Kier molecular flexibility index (Phi) is 6.95. The third-order valence-corrected chi connectivity index (χ3v) is 6.86. The number of aromatic nitrogens is 5. The van der Waals surface area contributed by atoms with Gasteiger partial charge in [0.15, 0.2) is 5.82 Å². The first-order chi connectivity index (χ1) is 19.3. The Balaban J connectivity index is 1.41. The predicted octanol–water partition coefficient (Wildman–Crippen LogP) is 5.64.